The molecule has 160 valence electrons. The van der Waals surface area contributed by atoms with E-state index in [-0.39, 0.29) is 30.1 Å². The molecular formula is C22H32N2O5. The van der Waals surface area contributed by atoms with Crippen LogP contribution in [0.15, 0.2) is 18.2 Å². The van der Waals surface area contributed by atoms with Gasteiger partial charge in [-0.1, -0.05) is 19.9 Å². The van der Waals surface area contributed by atoms with Crippen molar-refractivity contribution >= 4 is 12.0 Å². The quantitative estimate of drug-likeness (QED) is 0.832. The van der Waals surface area contributed by atoms with Crippen molar-refractivity contribution in [2.75, 3.05) is 26.4 Å². The molecule has 0 spiro atoms. The number of benzene rings is 1. The van der Waals surface area contributed by atoms with Gasteiger partial charge in [0, 0.05) is 25.0 Å². The lowest BCUT2D eigenvalue weighted by atomic mass is 9.84. The third kappa shape index (κ3) is 5.34. The van der Waals surface area contributed by atoms with Crippen LogP contribution in [0.3, 0.4) is 0 Å². The van der Waals surface area contributed by atoms with Crippen LogP contribution in [-0.4, -0.2) is 48.9 Å². The molecule has 0 radical (unpaired) electrons. The Morgan fingerprint density at radius 2 is 1.90 bits per heavy atom. The Morgan fingerprint density at radius 3 is 2.62 bits per heavy atom. The standard InChI is InChI=1S/C22H32N2O5/c1-21(2,3)29-20(26)24-10-6-7-15(12-24)19(25)23-13-22(4,5)16-8-9-17-18(11-16)28-14-27-17/h8-9,11,15H,6-7,10,12-14H2,1-5H3,(H,23,25). The summed E-state index contributed by atoms with van der Waals surface area (Å²) >= 11 is 0. The number of carbonyl (C=O) groups excluding carboxylic acids is 2. The Bertz CT molecular complexity index is 769. The highest BCUT2D eigenvalue weighted by molar-refractivity contribution is 5.80. The normalized spacial score (nSPS) is 19.1. The fourth-order valence-corrected chi connectivity index (χ4v) is 3.56. The molecule has 1 aromatic carbocycles. The maximum atomic E-state index is 12.8. The summed E-state index contributed by atoms with van der Waals surface area (Å²) in [6.45, 7) is 11.5. The Balaban J connectivity index is 1.56. The minimum absolute atomic E-state index is 0.0212. The molecule has 2 aliphatic heterocycles. The van der Waals surface area contributed by atoms with Crippen LogP contribution in [0.4, 0.5) is 4.79 Å². The summed E-state index contributed by atoms with van der Waals surface area (Å²) in [5, 5.41) is 3.08. The monoisotopic (exact) mass is 404 g/mol. The summed E-state index contributed by atoms with van der Waals surface area (Å²) in [5.74, 6) is 1.25. The number of likely N-dealkylation sites (tertiary alicyclic amines) is 1. The maximum Gasteiger partial charge on any atom is 0.410 e. The lowest BCUT2D eigenvalue weighted by Crippen LogP contribution is -2.48. The number of hydrogen-bond donors (Lipinski definition) is 1. The molecule has 1 unspecified atom stereocenters. The van der Waals surface area contributed by atoms with Gasteiger partial charge in [0.1, 0.15) is 5.60 Å². The molecule has 1 N–H and O–H groups in total. The first-order chi connectivity index (χ1) is 13.5. The Labute approximate surface area is 172 Å². The Morgan fingerprint density at radius 1 is 1.17 bits per heavy atom. The van der Waals surface area contributed by atoms with Crippen molar-refractivity contribution in [3.63, 3.8) is 0 Å². The van der Waals surface area contributed by atoms with Crippen molar-refractivity contribution in [1.29, 1.82) is 0 Å². The van der Waals surface area contributed by atoms with Gasteiger partial charge in [-0.15, -0.1) is 0 Å². The summed E-state index contributed by atoms with van der Waals surface area (Å²) in [6.07, 6.45) is 1.22. The van der Waals surface area contributed by atoms with E-state index in [0.717, 1.165) is 29.9 Å². The molecule has 0 aliphatic carbocycles. The lowest BCUT2D eigenvalue weighted by Gasteiger charge is -2.34. The summed E-state index contributed by atoms with van der Waals surface area (Å²) in [7, 11) is 0. The van der Waals surface area contributed by atoms with Crippen LogP contribution in [0.2, 0.25) is 0 Å². The van der Waals surface area contributed by atoms with E-state index in [1.807, 2.05) is 39.0 Å². The highest BCUT2D eigenvalue weighted by Crippen LogP contribution is 2.36. The van der Waals surface area contributed by atoms with Crippen molar-refractivity contribution in [2.24, 2.45) is 5.92 Å². The number of rotatable bonds is 4. The highest BCUT2D eigenvalue weighted by Gasteiger charge is 2.32. The third-order valence-electron chi connectivity index (χ3n) is 5.30. The average molecular weight is 405 g/mol. The number of nitrogens with zero attached hydrogens (tertiary/aromatic N) is 1. The molecule has 2 heterocycles. The van der Waals surface area contributed by atoms with Crippen molar-refractivity contribution < 1.29 is 23.8 Å². The van der Waals surface area contributed by atoms with Crippen LogP contribution in [0.5, 0.6) is 11.5 Å². The molecule has 0 aromatic heterocycles. The molecule has 29 heavy (non-hydrogen) atoms. The number of nitrogens with one attached hydrogen (secondary N) is 1. The number of carbonyl (C=O) groups is 2. The fraction of sp³-hybridized carbons (Fsp3) is 0.636. The second-order valence-corrected chi connectivity index (χ2v) is 9.44. The zero-order chi connectivity index (χ0) is 21.2. The largest absolute Gasteiger partial charge is 0.454 e. The molecule has 2 aliphatic rings. The highest BCUT2D eigenvalue weighted by atomic mass is 16.7. The molecule has 0 saturated carbocycles. The van der Waals surface area contributed by atoms with Crippen LogP contribution in [0.25, 0.3) is 0 Å². The molecular weight excluding hydrogens is 372 g/mol. The number of hydrogen-bond acceptors (Lipinski definition) is 5. The van der Waals surface area contributed by atoms with Gasteiger partial charge in [-0.3, -0.25) is 4.79 Å². The number of fused-ring (bicyclic) bond motifs is 1. The summed E-state index contributed by atoms with van der Waals surface area (Å²) in [6, 6.07) is 5.88. The topological polar surface area (TPSA) is 77.1 Å². The van der Waals surface area contributed by atoms with Crippen molar-refractivity contribution in [1.82, 2.24) is 10.2 Å². The van der Waals surface area contributed by atoms with E-state index in [0.29, 0.717) is 19.6 Å². The van der Waals surface area contributed by atoms with Crippen LogP contribution in [0, 0.1) is 5.92 Å². The smallest absolute Gasteiger partial charge is 0.410 e. The fourth-order valence-electron chi connectivity index (χ4n) is 3.56. The van der Waals surface area contributed by atoms with E-state index in [9.17, 15) is 9.59 Å². The second kappa shape index (κ2) is 8.13. The number of amides is 2. The molecule has 1 aromatic rings. The van der Waals surface area contributed by atoms with Gasteiger partial charge < -0.3 is 24.4 Å². The molecule has 7 heteroatoms. The zero-order valence-corrected chi connectivity index (χ0v) is 18.0. The van der Waals surface area contributed by atoms with E-state index >= 15 is 0 Å². The van der Waals surface area contributed by atoms with Gasteiger partial charge in [-0.25, -0.2) is 4.79 Å². The first kappa shape index (κ1) is 21.3. The first-order valence-electron chi connectivity index (χ1n) is 10.2. The van der Waals surface area contributed by atoms with Gasteiger partial charge in [0.25, 0.3) is 0 Å². The zero-order valence-electron chi connectivity index (χ0n) is 18.0. The third-order valence-corrected chi connectivity index (χ3v) is 5.30. The average Bonchev–Trinajstić information content (AvgIpc) is 3.13. The molecule has 1 atom stereocenters. The van der Waals surface area contributed by atoms with Gasteiger partial charge in [0.2, 0.25) is 12.7 Å². The molecule has 2 amide bonds. The minimum Gasteiger partial charge on any atom is -0.454 e. The lowest BCUT2D eigenvalue weighted by molar-refractivity contribution is -0.126. The molecule has 1 fully saturated rings. The predicted octanol–water partition coefficient (Wildman–Crippen LogP) is 3.46. The van der Waals surface area contributed by atoms with Gasteiger partial charge in [0.15, 0.2) is 11.5 Å². The van der Waals surface area contributed by atoms with Crippen molar-refractivity contribution in [2.45, 2.75) is 58.5 Å². The molecule has 1 saturated heterocycles. The van der Waals surface area contributed by atoms with Crippen molar-refractivity contribution in [3.8, 4) is 11.5 Å². The van der Waals surface area contributed by atoms with Gasteiger partial charge in [0.05, 0.1) is 5.92 Å². The predicted molar refractivity (Wildman–Crippen MR) is 109 cm³/mol. The minimum atomic E-state index is -0.541. The van der Waals surface area contributed by atoms with Crippen LogP contribution < -0.4 is 14.8 Å². The molecule has 3 rings (SSSR count). The van der Waals surface area contributed by atoms with E-state index < -0.39 is 5.60 Å². The maximum absolute atomic E-state index is 12.8. The number of ether oxygens (including phenoxy) is 3. The van der Waals surface area contributed by atoms with E-state index in [2.05, 4.69) is 19.2 Å². The van der Waals surface area contributed by atoms with Crippen molar-refractivity contribution in [3.05, 3.63) is 23.8 Å². The van der Waals surface area contributed by atoms with Gasteiger partial charge in [-0.05, 0) is 51.3 Å². The van der Waals surface area contributed by atoms with E-state index in [1.165, 1.54) is 0 Å². The SMILES string of the molecule is CC(C)(C)OC(=O)N1CCCC(C(=O)NCC(C)(C)c2ccc3c(c2)OCO3)C1. The van der Waals surface area contributed by atoms with Gasteiger partial charge in [-0.2, -0.15) is 0 Å². The first-order valence-corrected chi connectivity index (χ1v) is 10.2. The van der Waals surface area contributed by atoms with Crippen LogP contribution in [0.1, 0.15) is 53.0 Å². The van der Waals surface area contributed by atoms with Gasteiger partial charge >= 0.3 is 6.09 Å². The summed E-state index contributed by atoms with van der Waals surface area (Å²) < 4.78 is 16.3. The van der Waals surface area contributed by atoms with Crippen LogP contribution >= 0.6 is 0 Å². The molecule has 7 nitrogen and oxygen atoms in total. The van der Waals surface area contributed by atoms with E-state index in [4.69, 9.17) is 14.2 Å². The molecule has 0 bridgehead atoms. The number of piperidine rings is 1. The Kier molecular flexibility index (Phi) is 5.96. The Hall–Kier alpha value is -2.44. The van der Waals surface area contributed by atoms with E-state index in [1.54, 1.807) is 4.90 Å². The summed E-state index contributed by atoms with van der Waals surface area (Å²) in [4.78, 5) is 26.7. The second-order valence-electron chi connectivity index (χ2n) is 9.44. The summed E-state index contributed by atoms with van der Waals surface area (Å²) in [5.41, 5.74) is 0.262. The van der Waals surface area contributed by atoms with Crippen LogP contribution in [-0.2, 0) is 14.9 Å².